The zero-order chi connectivity index (χ0) is 14.5. The van der Waals surface area contributed by atoms with Crippen molar-refractivity contribution in [2.75, 3.05) is 43.6 Å². The van der Waals surface area contributed by atoms with Crippen molar-refractivity contribution in [1.82, 2.24) is 14.8 Å². The molecule has 0 radical (unpaired) electrons. The van der Waals surface area contributed by atoms with Gasteiger partial charge in [0, 0.05) is 19.7 Å². The third-order valence-corrected chi connectivity index (χ3v) is 4.50. The van der Waals surface area contributed by atoms with E-state index in [1.807, 2.05) is 0 Å². The van der Waals surface area contributed by atoms with Gasteiger partial charge in [-0.15, -0.1) is 10.2 Å². The Hall–Kier alpha value is -1.30. The van der Waals surface area contributed by atoms with Gasteiger partial charge in [-0.25, -0.2) is 0 Å². The van der Waals surface area contributed by atoms with Gasteiger partial charge in [-0.05, 0) is 12.8 Å². The summed E-state index contributed by atoms with van der Waals surface area (Å²) in [4.78, 5) is 2.20. The van der Waals surface area contributed by atoms with Crippen LogP contribution < -0.4 is 4.90 Å². The summed E-state index contributed by atoms with van der Waals surface area (Å²) in [6, 6.07) is 2.14. The normalized spacial score (nSPS) is 22.4. The van der Waals surface area contributed by atoms with E-state index in [2.05, 4.69) is 25.7 Å². The van der Waals surface area contributed by atoms with Gasteiger partial charge in [-0.2, -0.15) is 5.26 Å². The number of nitrogens with zero attached hydrogens (tertiary/aromatic N) is 5. The molecule has 2 fully saturated rings. The summed E-state index contributed by atoms with van der Waals surface area (Å²) in [6.07, 6.45) is 2.41. The van der Waals surface area contributed by atoms with Gasteiger partial charge in [0.2, 0.25) is 5.95 Å². The van der Waals surface area contributed by atoms with Gasteiger partial charge in [-0.1, -0.05) is 11.8 Å². The highest BCUT2D eigenvalue weighted by Gasteiger charge is 2.24. The molecule has 3 heterocycles. The van der Waals surface area contributed by atoms with Crippen molar-refractivity contribution in [3.8, 4) is 6.07 Å². The van der Waals surface area contributed by atoms with Crippen LogP contribution in [0.1, 0.15) is 12.8 Å². The standard InChI is InChI=1S/C13H19N5O2S/c14-3-9-21-13-16-15-12(17-4-7-19-8-5-17)18(13)10-11-2-1-6-20-11/h11H,1-2,4-10H2/t11-/m1/s1. The van der Waals surface area contributed by atoms with Crippen LogP contribution in [0.5, 0.6) is 0 Å². The summed E-state index contributed by atoms with van der Waals surface area (Å²) in [6.45, 7) is 4.67. The maximum Gasteiger partial charge on any atom is 0.228 e. The van der Waals surface area contributed by atoms with Crippen LogP contribution in [0.2, 0.25) is 0 Å². The van der Waals surface area contributed by atoms with Crippen molar-refractivity contribution >= 4 is 17.7 Å². The molecule has 0 amide bonds. The largest absolute Gasteiger partial charge is 0.378 e. The fraction of sp³-hybridized carbons (Fsp3) is 0.769. The van der Waals surface area contributed by atoms with E-state index in [0.717, 1.165) is 50.2 Å². The molecule has 3 rings (SSSR count). The summed E-state index contributed by atoms with van der Waals surface area (Å²) in [7, 11) is 0. The molecule has 0 saturated carbocycles. The maximum atomic E-state index is 8.78. The van der Waals surface area contributed by atoms with E-state index in [1.54, 1.807) is 0 Å². The first-order valence-corrected chi connectivity index (χ1v) is 8.24. The monoisotopic (exact) mass is 309 g/mol. The smallest absolute Gasteiger partial charge is 0.228 e. The van der Waals surface area contributed by atoms with Crippen molar-refractivity contribution in [2.45, 2.75) is 30.6 Å². The van der Waals surface area contributed by atoms with Gasteiger partial charge in [0.05, 0.1) is 37.7 Å². The highest BCUT2D eigenvalue weighted by Crippen LogP contribution is 2.25. The molecule has 21 heavy (non-hydrogen) atoms. The number of ether oxygens (including phenoxy) is 2. The van der Waals surface area contributed by atoms with E-state index >= 15 is 0 Å². The van der Waals surface area contributed by atoms with Crippen molar-refractivity contribution in [1.29, 1.82) is 5.26 Å². The molecule has 0 aromatic carbocycles. The number of morpholine rings is 1. The molecule has 1 aromatic rings. The van der Waals surface area contributed by atoms with Gasteiger partial charge in [0.25, 0.3) is 0 Å². The Labute approximate surface area is 128 Å². The van der Waals surface area contributed by atoms with Gasteiger partial charge in [0.1, 0.15) is 0 Å². The highest BCUT2D eigenvalue weighted by molar-refractivity contribution is 7.99. The Bertz CT molecular complexity index is 503. The molecule has 7 nitrogen and oxygen atoms in total. The Morgan fingerprint density at radius 3 is 2.86 bits per heavy atom. The van der Waals surface area contributed by atoms with Crippen molar-refractivity contribution in [3.05, 3.63) is 0 Å². The lowest BCUT2D eigenvalue weighted by Gasteiger charge is -2.28. The SMILES string of the molecule is N#CCSc1nnc(N2CCOCC2)n1C[C@H]1CCCO1. The molecule has 1 atom stereocenters. The summed E-state index contributed by atoms with van der Waals surface area (Å²) in [5.74, 6) is 1.25. The molecular formula is C13H19N5O2S. The first-order chi connectivity index (χ1) is 10.4. The van der Waals surface area contributed by atoms with Crippen LogP contribution in [0.4, 0.5) is 5.95 Å². The molecule has 114 valence electrons. The number of thioether (sulfide) groups is 1. The van der Waals surface area contributed by atoms with Crippen molar-refractivity contribution < 1.29 is 9.47 Å². The third kappa shape index (κ3) is 3.48. The summed E-state index contributed by atoms with van der Waals surface area (Å²) in [5, 5.41) is 18.2. The number of anilines is 1. The van der Waals surface area contributed by atoms with Gasteiger partial charge in [0.15, 0.2) is 5.16 Å². The van der Waals surface area contributed by atoms with E-state index in [4.69, 9.17) is 14.7 Å². The zero-order valence-corrected chi connectivity index (χ0v) is 12.7. The second kappa shape index (κ2) is 7.11. The topological polar surface area (TPSA) is 76.2 Å². The van der Waals surface area contributed by atoms with Gasteiger partial charge in [-0.3, -0.25) is 4.57 Å². The Morgan fingerprint density at radius 2 is 2.14 bits per heavy atom. The molecule has 0 bridgehead atoms. The molecule has 0 spiro atoms. The minimum absolute atomic E-state index is 0.224. The molecule has 2 saturated heterocycles. The molecule has 2 aliphatic rings. The second-order valence-corrected chi connectivity index (χ2v) is 6.02. The van der Waals surface area contributed by atoms with Crippen LogP contribution in [-0.2, 0) is 16.0 Å². The molecular weight excluding hydrogens is 290 g/mol. The summed E-state index contributed by atoms with van der Waals surface area (Å²) < 4.78 is 13.2. The Kier molecular flexibility index (Phi) is 4.95. The average molecular weight is 309 g/mol. The van der Waals surface area contributed by atoms with Crippen molar-refractivity contribution in [2.24, 2.45) is 0 Å². The molecule has 0 unspecified atom stereocenters. The lowest BCUT2D eigenvalue weighted by Crippen LogP contribution is -2.38. The minimum Gasteiger partial charge on any atom is -0.378 e. The molecule has 0 aliphatic carbocycles. The quantitative estimate of drug-likeness (QED) is 0.748. The Balaban J connectivity index is 1.79. The lowest BCUT2D eigenvalue weighted by molar-refractivity contribution is 0.0942. The van der Waals surface area contributed by atoms with E-state index in [9.17, 15) is 0 Å². The van der Waals surface area contributed by atoms with E-state index < -0.39 is 0 Å². The number of nitriles is 1. The highest BCUT2D eigenvalue weighted by atomic mass is 32.2. The number of hydrogen-bond acceptors (Lipinski definition) is 7. The molecule has 2 aliphatic heterocycles. The fourth-order valence-electron chi connectivity index (χ4n) is 2.63. The lowest BCUT2D eigenvalue weighted by atomic mass is 10.2. The number of rotatable bonds is 5. The molecule has 0 N–H and O–H groups in total. The zero-order valence-electron chi connectivity index (χ0n) is 11.9. The first-order valence-electron chi connectivity index (χ1n) is 7.25. The Morgan fingerprint density at radius 1 is 1.29 bits per heavy atom. The van der Waals surface area contributed by atoms with Crippen molar-refractivity contribution in [3.63, 3.8) is 0 Å². The summed E-state index contributed by atoms with van der Waals surface area (Å²) in [5.41, 5.74) is 0. The van der Waals surface area contributed by atoms with Crippen LogP contribution in [-0.4, -0.2) is 59.5 Å². The molecule has 1 aromatic heterocycles. The van der Waals surface area contributed by atoms with E-state index in [1.165, 1.54) is 11.8 Å². The average Bonchev–Trinajstić information content (AvgIpc) is 3.17. The summed E-state index contributed by atoms with van der Waals surface area (Å²) >= 11 is 1.43. The molecule has 8 heteroatoms. The fourth-order valence-corrected chi connectivity index (χ4v) is 3.24. The van der Waals surface area contributed by atoms with E-state index in [-0.39, 0.29) is 6.10 Å². The van der Waals surface area contributed by atoms with Crippen LogP contribution in [0.15, 0.2) is 5.16 Å². The predicted molar refractivity (Wildman–Crippen MR) is 78.4 cm³/mol. The predicted octanol–water partition coefficient (Wildman–Crippen LogP) is 0.909. The first kappa shape index (κ1) is 14.6. The van der Waals surface area contributed by atoms with Gasteiger partial charge < -0.3 is 14.4 Å². The van der Waals surface area contributed by atoms with Gasteiger partial charge >= 0.3 is 0 Å². The van der Waals surface area contributed by atoms with Crippen LogP contribution in [0, 0.1) is 11.3 Å². The minimum atomic E-state index is 0.224. The maximum absolute atomic E-state index is 8.78. The second-order valence-electron chi connectivity index (χ2n) is 5.07. The number of aromatic nitrogens is 3. The third-order valence-electron chi connectivity index (χ3n) is 3.67. The van der Waals surface area contributed by atoms with Crippen LogP contribution in [0.3, 0.4) is 0 Å². The van der Waals surface area contributed by atoms with Crippen LogP contribution >= 0.6 is 11.8 Å². The van der Waals surface area contributed by atoms with E-state index in [0.29, 0.717) is 19.0 Å². The van der Waals surface area contributed by atoms with Crippen LogP contribution in [0.25, 0.3) is 0 Å². The number of hydrogen-bond donors (Lipinski definition) is 0.